The highest BCUT2D eigenvalue weighted by Gasteiger charge is 2.18. The van der Waals surface area contributed by atoms with Gasteiger partial charge in [-0.2, -0.15) is 0 Å². The quantitative estimate of drug-likeness (QED) is 0.359. The summed E-state index contributed by atoms with van der Waals surface area (Å²) < 4.78 is 28.3. The van der Waals surface area contributed by atoms with Crippen molar-refractivity contribution in [2.45, 2.75) is 24.7 Å². The van der Waals surface area contributed by atoms with Crippen molar-refractivity contribution in [3.8, 4) is 0 Å². The Bertz CT molecular complexity index is 1350. The third-order valence-corrected chi connectivity index (χ3v) is 6.66. The molecule has 1 aromatic heterocycles. The monoisotopic (exact) mass is 468 g/mol. The Kier molecular flexibility index (Phi) is 6.16. The molecule has 0 saturated carbocycles. The third-order valence-electron chi connectivity index (χ3n) is 4.89. The van der Waals surface area contributed by atoms with Crippen LogP contribution in [0.2, 0.25) is 5.02 Å². The Labute approximate surface area is 190 Å². The zero-order valence-corrected chi connectivity index (χ0v) is 18.8. The Hall–Kier alpha value is -3.36. The second kappa shape index (κ2) is 9.02. The van der Waals surface area contributed by atoms with Gasteiger partial charge in [0.1, 0.15) is 5.82 Å². The number of nitrogens with one attached hydrogen (secondary N) is 3. The number of aryl methyl sites for hydroxylation is 2. The van der Waals surface area contributed by atoms with E-state index in [1.54, 1.807) is 43.3 Å². The Morgan fingerprint density at radius 3 is 2.50 bits per heavy atom. The molecule has 0 aliphatic heterocycles. The largest absolute Gasteiger partial charge is 0.342 e. The number of carbonyl (C=O) groups is 1. The van der Waals surface area contributed by atoms with Gasteiger partial charge >= 0.3 is 0 Å². The van der Waals surface area contributed by atoms with Gasteiger partial charge in [-0.15, -0.1) is 0 Å². The topological polar surface area (TPSA) is 104 Å². The summed E-state index contributed by atoms with van der Waals surface area (Å²) in [6.45, 7) is 1.70. The fraction of sp³-hybridized carbons (Fsp3) is 0.130. The third kappa shape index (κ3) is 5.09. The lowest BCUT2D eigenvalue weighted by atomic mass is 10.2. The van der Waals surface area contributed by atoms with E-state index < -0.39 is 10.0 Å². The van der Waals surface area contributed by atoms with Crippen LogP contribution in [-0.4, -0.2) is 24.3 Å². The highest BCUT2D eigenvalue weighted by molar-refractivity contribution is 7.92. The summed E-state index contributed by atoms with van der Waals surface area (Å²) in [5, 5.41) is 3.28. The van der Waals surface area contributed by atoms with Gasteiger partial charge in [0.25, 0.3) is 10.0 Å². The van der Waals surface area contributed by atoms with E-state index in [0.29, 0.717) is 28.4 Å². The first kappa shape index (κ1) is 21.9. The highest BCUT2D eigenvalue weighted by Crippen LogP contribution is 2.24. The van der Waals surface area contributed by atoms with E-state index in [9.17, 15) is 13.2 Å². The molecule has 0 aliphatic carbocycles. The molecule has 9 heteroatoms. The van der Waals surface area contributed by atoms with Crippen molar-refractivity contribution in [2.75, 3.05) is 10.0 Å². The van der Waals surface area contributed by atoms with Gasteiger partial charge in [0, 0.05) is 29.2 Å². The zero-order valence-electron chi connectivity index (χ0n) is 17.2. The number of hydrogen-bond donors (Lipinski definition) is 3. The minimum absolute atomic E-state index is 0.0857. The Morgan fingerprint density at radius 2 is 1.75 bits per heavy atom. The molecule has 0 bridgehead atoms. The smallest absolute Gasteiger partial charge is 0.262 e. The number of aromatic amines is 1. The fourth-order valence-electron chi connectivity index (χ4n) is 3.27. The van der Waals surface area contributed by atoms with Crippen LogP contribution in [0, 0.1) is 6.92 Å². The average Bonchev–Trinajstić information content (AvgIpc) is 3.18. The summed E-state index contributed by atoms with van der Waals surface area (Å²) in [6.07, 6.45) is 0.647. The molecule has 0 saturated heterocycles. The van der Waals surface area contributed by atoms with Crippen molar-refractivity contribution in [1.82, 2.24) is 9.97 Å². The number of sulfonamides is 1. The molecule has 4 rings (SSSR count). The molecule has 7 nitrogen and oxygen atoms in total. The van der Waals surface area contributed by atoms with Gasteiger partial charge in [-0.1, -0.05) is 29.8 Å². The van der Waals surface area contributed by atoms with E-state index in [4.69, 9.17) is 11.6 Å². The molecule has 1 heterocycles. The molecular weight excluding hydrogens is 448 g/mol. The van der Waals surface area contributed by atoms with Gasteiger partial charge in [0.05, 0.1) is 15.9 Å². The van der Waals surface area contributed by atoms with Gasteiger partial charge in [-0.25, -0.2) is 13.4 Å². The molecule has 1 amide bonds. The van der Waals surface area contributed by atoms with Crippen molar-refractivity contribution >= 4 is 49.9 Å². The molecule has 0 unspecified atom stereocenters. The second-order valence-corrected chi connectivity index (χ2v) is 9.43. The maximum Gasteiger partial charge on any atom is 0.262 e. The minimum Gasteiger partial charge on any atom is -0.342 e. The van der Waals surface area contributed by atoms with Crippen LogP contribution < -0.4 is 10.0 Å². The van der Waals surface area contributed by atoms with E-state index in [0.717, 1.165) is 16.9 Å². The molecule has 0 fully saturated rings. The van der Waals surface area contributed by atoms with Crippen LogP contribution in [0.5, 0.6) is 0 Å². The first-order valence-corrected chi connectivity index (χ1v) is 11.8. The van der Waals surface area contributed by atoms with E-state index in [1.807, 2.05) is 24.3 Å². The Balaban J connectivity index is 1.44. The summed E-state index contributed by atoms with van der Waals surface area (Å²) in [6, 6.07) is 18.8. The van der Waals surface area contributed by atoms with Crippen LogP contribution in [0.25, 0.3) is 11.0 Å². The molecule has 32 heavy (non-hydrogen) atoms. The molecular formula is C23H21ClN4O3S. The summed E-state index contributed by atoms with van der Waals surface area (Å²) in [4.78, 5) is 20.2. The van der Waals surface area contributed by atoms with Crippen molar-refractivity contribution in [3.05, 3.63) is 83.1 Å². The molecule has 164 valence electrons. The van der Waals surface area contributed by atoms with Gasteiger partial charge in [-0.05, 0) is 61.0 Å². The van der Waals surface area contributed by atoms with Gasteiger partial charge < -0.3 is 10.3 Å². The number of aromatic nitrogens is 2. The van der Waals surface area contributed by atoms with Gasteiger partial charge in [0.15, 0.2) is 0 Å². The number of fused-ring (bicyclic) bond motifs is 1. The lowest BCUT2D eigenvalue weighted by molar-refractivity contribution is -0.116. The minimum atomic E-state index is -3.84. The van der Waals surface area contributed by atoms with Crippen LogP contribution >= 0.6 is 11.6 Å². The molecule has 0 spiro atoms. The molecule has 4 aromatic rings. The first-order valence-electron chi connectivity index (χ1n) is 9.93. The SMILES string of the molecule is Cc1ccc(NC(=O)CCc2nc3ccccc3[nH]2)cc1S(=O)(=O)Nc1ccc(Cl)cc1. The summed E-state index contributed by atoms with van der Waals surface area (Å²) >= 11 is 5.86. The van der Waals surface area contributed by atoms with E-state index in [-0.39, 0.29) is 17.2 Å². The lowest BCUT2D eigenvalue weighted by Crippen LogP contribution is -2.16. The van der Waals surface area contributed by atoms with Crippen molar-refractivity contribution in [2.24, 2.45) is 0 Å². The second-order valence-electron chi connectivity index (χ2n) is 7.34. The van der Waals surface area contributed by atoms with E-state index >= 15 is 0 Å². The normalized spacial score (nSPS) is 11.4. The number of nitrogens with zero attached hydrogens (tertiary/aromatic N) is 1. The zero-order chi connectivity index (χ0) is 22.7. The predicted octanol–water partition coefficient (Wildman–Crippen LogP) is 4.90. The predicted molar refractivity (Wildman–Crippen MR) is 126 cm³/mol. The van der Waals surface area contributed by atoms with Crippen molar-refractivity contribution in [3.63, 3.8) is 0 Å². The van der Waals surface area contributed by atoms with Crippen LogP contribution in [-0.2, 0) is 21.2 Å². The molecule has 0 atom stereocenters. The van der Waals surface area contributed by atoms with Crippen molar-refractivity contribution < 1.29 is 13.2 Å². The first-order chi connectivity index (χ1) is 15.3. The van der Waals surface area contributed by atoms with Crippen LogP contribution in [0.4, 0.5) is 11.4 Å². The number of benzene rings is 3. The van der Waals surface area contributed by atoms with Gasteiger partial charge in [0.2, 0.25) is 5.91 Å². The summed E-state index contributed by atoms with van der Waals surface area (Å²) in [7, 11) is -3.84. The number of anilines is 2. The average molecular weight is 469 g/mol. The molecule has 0 aliphatic rings. The fourth-order valence-corrected chi connectivity index (χ4v) is 4.73. The number of carbonyl (C=O) groups excluding carboxylic acids is 1. The van der Waals surface area contributed by atoms with Crippen LogP contribution in [0.1, 0.15) is 17.8 Å². The number of rotatable bonds is 7. The molecule has 3 aromatic carbocycles. The number of halogens is 1. The Morgan fingerprint density at radius 1 is 1.03 bits per heavy atom. The number of imidazole rings is 1. The highest BCUT2D eigenvalue weighted by atomic mass is 35.5. The number of para-hydroxylation sites is 2. The molecule has 0 radical (unpaired) electrons. The number of H-pyrrole nitrogens is 1. The maximum absolute atomic E-state index is 12.9. The number of hydrogen-bond acceptors (Lipinski definition) is 4. The van der Waals surface area contributed by atoms with Crippen LogP contribution in [0.15, 0.2) is 71.6 Å². The van der Waals surface area contributed by atoms with E-state index in [2.05, 4.69) is 20.0 Å². The maximum atomic E-state index is 12.9. The van der Waals surface area contributed by atoms with Crippen molar-refractivity contribution in [1.29, 1.82) is 0 Å². The number of amides is 1. The summed E-state index contributed by atoms with van der Waals surface area (Å²) in [5.74, 6) is 0.490. The van der Waals surface area contributed by atoms with Gasteiger partial charge in [-0.3, -0.25) is 9.52 Å². The standard InChI is InChI=1S/C23H21ClN4O3S/c1-15-6-9-18(14-21(15)32(30,31)28-17-10-7-16(24)8-11-17)25-23(29)13-12-22-26-19-4-2-3-5-20(19)27-22/h2-11,14,28H,12-13H2,1H3,(H,25,29)(H,26,27). The lowest BCUT2D eigenvalue weighted by Gasteiger charge is -2.13. The van der Waals surface area contributed by atoms with Crippen LogP contribution in [0.3, 0.4) is 0 Å². The molecule has 3 N–H and O–H groups in total. The summed E-state index contributed by atoms with van der Waals surface area (Å²) in [5.41, 5.74) is 3.14. The van der Waals surface area contributed by atoms with E-state index in [1.165, 1.54) is 6.07 Å².